The number of benzene rings is 1. The van der Waals surface area contributed by atoms with Crippen LogP contribution in [0.2, 0.25) is 0 Å². The topological polar surface area (TPSA) is 21.3 Å². The van der Waals surface area contributed by atoms with Crippen molar-refractivity contribution in [2.45, 2.75) is 51.6 Å². The van der Waals surface area contributed by atoms with Crippen molar-refractivity contribution >= 4 is 0 Å². The molecule has 0 radical (unpaired) electrons. The number of methoxy groups -OCH3 is 1. The van der Waals surface area contributed by atoms with Crippen LogP contribution in [0.1, 0.15) is 51.1 Å². The van der Waals surface area contributed by atoms with Gasteiger partial charge in [-0.25, -0.2) is 0 Å². The highest BCUT2D eigenvalue weighted by molar-refractivity contribution is 5.30. The molecule has 1 N–H and O–H groups in total. The molecule has 1 aromatic rings. The average molecular weight is 273 g/mol. The van der Waals surface area contributed by atoms with Crippen LogP contribution in [0, 0.1) is 17.8 Å². The van der Waals surface area contributed by atoms with Crippen LogP contribution in [-0.4, -0.2) is 13.2 Å². The van der Waals surface area contributed by atoms with Crippen LogP contribution >= 0.6 is 0 Å². The van der Waals surface area contributed by atoms with Crippen LogP contribution in [0.25, 0.3) is 0 Å². The van der Waals surface area contributed by atoms with Crippen LogP contribution in [0.15, 0.2) is 24.3 Å². The molecule has 2 heteroatoms. The van der Waals surface area contributed by atoms with E-state index in [0.717, 1.165) is 23.5 Å². The molecule has 2 saturated carbocycles. The van der Waals surface area contributed by atoms with E-state index in [1.165, 1.54) is 31.2 Å². The third kappa shape index (κ3) is 2.85. The van der Waals surface area contributed by atoms with Gasteiger partial charge in [0.1, 0.15) is 5.75 Å². The lowest BCUT2D eigenvalue weighted by Crippen LogP contribution is -2.36. The minimum absolute atomic E-state index is 0.540. The van der Waals surface area contributed by atoms with Gasteiger partial charge in [0.15, 0.2) is 0 Å². The highest BCUT2D eigenvalue weighted by Gasteiger charge is 2.37. The van der Waals surface area contributed by atoms with Crippen molar-refractivity contribution in [1.82, 2.24) is 5.32 Å². The summed E-state index contributed by atoms with van der Waals surface area (Å²) in [6.07, 6.45) is 5.46. The van der Waals surface area contributed by atoms with Crippen molar-refractivity contribution < 1.29 is 4.74 Å². The molecule has 1 aromatic carbocycles. The first kappa shape index (κ1) is 13.9. The molecule has 2 nitrogen and oxygen atoms in total. The van der Waals surface area contributed by atoms with Crippen molar-refractivity contribution in [3.63, 3.8) is 0 Å². The Kier molecular flexibility index (Phi) is 4.02. The normalized spacial score (nSPS) is 31.2. The molecule has 110 valence electrons. The predicted molar refractivity (Wildman–Crippen MR) is 82.9 cm³/mol. The lowest BCUT2D eigenvalue weighted by Gasteiger charge is -2.27. The van der Waals surface area contributed by atoms with E-state index in [0.29, 0.717) is 12.1 Å². The Morgan fingerprint density at radius 3 is 2.25 bits per heavy atom. The molecule has 0 amide bonds. The van der Waals surface area contributed by atoms with Gasteiger partial charge in [-0.2, -0.15) is 0 Å². The molecule has 4 atom stereocenters. The van der Waals surface area contributed by atoms with Crippen LogP contribution in [0.4, 0.5) is 0 Å². The predicted octanol–water partition coefficient (Wildman–Crippen LogP) is 4.17. The van der Waals surface area contributed by atoms with Gasteiger partial charge in [0.05, 0.1) is 7.11 Å². The Balaban J connectivity index is 1.72. The largest absolute Gasteiger partial charge is 0.497 e. The fraction of sp³-hybridized carbons (Fsp3) is 0.667. The molecular formula is C18H27NO. The monoisotopic (exact) mass is 273 g/mol. The van der Waals surface area contributed by atoms with Gasteiger partial charge < -0.3 is 10.1 Å². The van der Waals surface area contributed by atoms with Crippen molar-refractivity contribution in [2.75, 3.05) is 7.11 Å². The van der Waals surface area contributed by atoms with Gasteiger partial charge >= 0.3 is 0 Å². The van der Waals surface area contributed by atoms with Crippen LogP contribution < -0.4 is 10.1 Å². The summed E-state index contributed by atoms with van der Waals surface area (Å²) in [6.45, 7) is 4.80. The molecule has 0 aliphatic heterocycles. The highest BCUT2D eigenvalue weighted by atomic mass is 16.5. The second kappa shape index (κ2) is 5.77. The molecular weight excluding hydrogens is 246 g/mol. The van der Waals surface area contributed by atoms with Gasteiger partial charge in [-0.1, -0.05) is 26.0 Å². The Bertz CT molecular complexity index is 437. The second-order valence-corrected chi connectivity index (χ2v) is 6.78. The summed E-state index contributed by atoms with van der Waals surface area (Å²) >= 11 is 0. The molecule has 0 spiro atoms. The smallest absolute Gasteiger partial charge is 0.118 e. The van der Waals surface area contributed by atoms with Crippen LogP contribution in [0.5, 0.6) is 5.75 Å². The van der Waals surface area contributed by atoms with Crippen LogP contribution in [-0.2, 0) is 0 Å². The number of ether oxygens (including phenoxy) is 1. The molecule has 0 bridgehead atoms. The Morgan fingerprint density at radius 1 is 1.05 bits per heavy atom. The number of hydrogen-bond donors (Lipinski definition) is 1. The first-order valence-electron chi connectivity index (χ1n) is 8.09. The van der Waals surface area contributed by atoms with Crippen molar-refractivity contribution in [3.8, 4) is 5.75 Å². The minimum atomic E-state index is 0.540. The van der Waals surface area contributed by atoms with E-state index in [1.54, 1.807) is 7.11 Å². The zero-order valence-corrected chi connectivity index (χ0v) is 12.9. The first-order chi connectivity index (χ1) is 9.69. The van der Waals surface area contributed by atoms with Crippen molar-refractivity contribution in [1.29, 1.82) is 0 Å². The summed E-state index contributed by atoms with van der Waals surface area (Å²) < 4.78 is 5.27. The standard InChI is InChI=1S/C18H27NO/c1-12-4-11-17(13(12)2)19-18(14-5-6-14)15-7-9-16(20-3)10-8-15/h7-10,12-14,17-19H,4-6,11H2,1-3H3. The lowest BCUT2D eigenvalue weighted by molar-refractivity contribution is 0.324. The SMILES string of the molecule is COc1ccc(C(NC2CCC(C)C2C)C2CC2)cc1. The maximum Gasteiger partial charge on any atom is 0.118 e. The Labute approximate surface area is 122 Å². The second-order valence-electron chi connectivity index (χ2n) is 6.78. The molecule has 3 rings (SSSR count). The molecule has 2 aliphatic rings. The quantitative estimate of drug-likeness (QED) is 0.869. The van der Waals surface area contributed by atoms with E-state index < -0.39 is 0 Å². The van der Waals surface area contributed by atoms with E-state index in [-0.39, 0.29) is 0 Å². The molecule has 0 saturated heterocycles. The summed E-state index contributed by atoms with van der Waals surface area (Å²) in [6, 6.07) is 9.88. The molecule has 0 heterocycles. The number of rotatable bonds is 5. The first-order valence-corrected chi connectivity index (χ1v) is 8.09. The summed E-state index contributed by atoms with van der Waals surface area (Å²) in [4.78, 5) is 0. The van der Waals surface area contributed by atoms with Gasteiger partial charge in [0.25, 0.3) is 0 Å². The maximum atomic E-state index is 5.27. The molecule has 2 fully saturated rings. The van der Waals surface area contributed by atoms with E-state index in [4.69, 9.17) is 4.74 Å². The van der Waals surface area contributed by atoms with E-state index in [9.17, 15) is 0 Å². The summed E-state index contributed by atoms with van der Waals surface area (Å²) in [5, 5.41) is 3.97. The fourth-order valence-corrected chi connectivity index (χ4v) is 3.58. The Morgan fingerprint density at radius 2 is 1.75 bits per heavy atom. The third-order valence-electron chi connectivity index (χ3n) is 5.43. The molecule has 20 heavy (non-hydrogen) atoms. The number of nitrogens with one attached hydrogen (secondary N) is 1. The maximum absolute atomic E-state index is 5.27. The fourth-order valence-electron chi connectivity index (χ4n) is 3.58. The lowest BCUT2D eigenvalue weighted by atomic mass is 9.95. The number of hydrogen-bond acceptors (Lipinski definition) is 2. The van der Waals surface area contributed by atoms with Gasteiger partial charge in [0, 0.05) is 12.1 Å². The van der Waals surface area contributed by atoms with Crippen molar-refractivity contribution in [2.24, 2.45) is 17.8 Å². The Hall–Kier alpha value is -1.02. The highest BCUT2D eigenvalue weighted by Crippen LogP contribution is 2.43. The third-order valence-corrected chi connectivity index (χ3v) is 5.43. The van der Waals surface area contributed by atoms with Gasteiger partial charge in [0.2, 0.25) is 0 Å². The summed E-state index contributed by atoms with van der Waals surface area (Å²) in [5.74, 6) is 3.45. The molecule has 2 aliphatic carbocycles. The van der Waals surface area contributed by atoms with E-state index >= 15 is 0 Å². The zero-order chi connectivity index (χ0) is 14.1. The van der Waals surface area contributed by atoms with Crippen molar-refractivity contribution in [3.05, 3.63) is 29.8 Å². The van der Waals surface area contributed by atoms with Crippen LogP contribution in [0.3, 0.4) is 0 Å². The zero-order valence-electron chi connectivity index (χ0n) is 12.9. The summed E-state index contributed by atoms with van der Waals surface area (Å²) in [7, 11) is 1.73. The molecule has 0 aromatic heterocycles. The van der Waals surface area contributed by atoms with Gasteiger partial charge in [-0.05, 0) is 61.1 Å². The van der Waals surface area contributed by atoms with Gasteiger partial charge in [-0.15, -0.1) is 0 Å². The minimum Gasteiger partial charge on any atom is -0.497 e. The van der Waals surface area contributed by atoms with E-state index in [1.807, 2.05) is 0 Å². The van der Waals surface area contributed by atoms with E-state index in [2.05, 4.69) is 43.4 Å². The summed E-state index contributed by atoms with van der Waals surface area (Å²) in [5.41, 5.74) is 1.43. The average Bonchev–Trinajstić information content (AvgIpc) is 3.27. The van der Waals surface area contributed by atoms with Gasteiger partial charge in [-0.3, -0.25) is 0 Å². The molecule has 4 unspecified atom stereocenters.